The Balaban J connectivity index is 1.43. The van der Waals surface area contributed by atoms with Crippen molar-refractivity contribution in [2.45, 2.75) is 36.3 Å². The van der Waals surface area contributed by atoms with Gasteiger partial charge in [-0.1, -0.05) is 18.2 Å². The van der Waals surface area contributed by atoms with Gasteiger partial charge >= 0.3 is 0 Å². The summed E-state index contributed by atoms with van der Waals surface area (Å²) in [5, 5.41) is 0. The Morgan fingerprint density at radius 2 is 1.68 bits per heavy atom. The molecule has 0 N–H and O–H groups in total. The van der Waals surface area contributed by atoms with Gasteiger partial charge in [0.05, 0.1) is 4.90 Å². The standard InChI is InChI=1S/C23H28N2O4S2/c1-30(27)17-18-5-4-8-21(15-18)23(26)24-11-13-25(14-12-24)31(28,29)22-10-9-19-6-2-3-7-20(19)16-22/h4-5,8-10,15-16H,2-3,6-7,11-14,17H2,1H3. The fraction of sp³-hybridized carbons (Fsp3) is 0.435. The first-order valence-corrected chi connectivity index (χ1v) is 13.8. The van der Waals surface area contributed by atoms with E-state index in [0.717, 1.165) is 36.8 Å². The molecule has 1 heterocycles. The molecule has 1 aliphatic heterocycles. The van der Waals surface area contributed by atoms with Crippen LogP contribution in [0.1, 0.15) is 39.9 Å². The van der Waals surface area contributed by atoms with Gasteiger partial charge < -0.3 is 4.90 Å². The second kappa shape index (κ2) is 9.22. The number of piperazine rings is 1. The van der Waals surface area contributed by atoms with Crippen LogP contribution >= 0.6 is 0 Å². The summed E-state index contributed by atoms with van der Waals surface area (Å²) >= 11 is 0. The molecule has 2 aliphatic rings. The highest BCUT2D eigenvalue weighted by Gasteiger charge is 2.31. The SMILES string of the molecule is CS(=O)Cc1cccc(C(=O)N2CCN(S(=O)(=O)c3ccc4c(c3)CCCC4)CC2)c1. The Hall–Kier alpha value is -2.03. The fourth-order valence-electron chi connectivity index (χ4n) is 4.36. The van der Waals surface area contributed by atoms with E-state index in [4.69, 9.17) is 0 Å². The van der Waals surface area contributed by atoms with E-state index < -0.39 is 20.8 Å². The monoisotopic (exact) mass is 460 g/mol. The average Bonchev–Trinajstić information content (AvgIpc) is 2.78. The van der Waals surface area contributed by atoms with Gasteiger partial charge in [-0.3, -0.25) is 9.00 Å². The van der Waals surface area contributed by atoms with Gasteiger partial charge in [0.15, 0.2) is 0 Å². The van der Waals surface area contributed by atoms with Crippen LogP contribution in [0.5, 0.6) is 0 Å². The number of hydrogen-bond acceptors (Lipinski definition) is 4. The molecular formula is C23H28N2O4S2. The first kappa shape index (κ1) is 22.2. The van der Waals surface area contributed by atoms with Crippen molar-refractivity contribution in [2.75, 3.05) is 32.4 Å². The number of benzene rings is 2. The third-order valence-electron chi connectivity index (χ3n) is 6.03. The van der Waals surface area contributed by atoms with E-state index >= 15 is 0 Å². The summed E-state index contributed by atoms with van der Waals surface area (Å²) in [6.07, 6.45) is 5.86. The van der Waals surface area contributed by atoms with E-state index in [0.29, 0.717) is 29.3 Å². The second-order valence-corrected chi connectivity index (χ2v) is 11.6. The van der Waals surface area contributed by atoms with Crippen LogP contribution in [0.15, 0.2) is 47.4 Å². The highest BCUT2D eigenvalue weighted by Crippen LogP contribution is 2.26. The molecule has 0 aromatic heterocycles. The lowest BCUT2D eigenvalue weighted by atomic mass is 9.92. The minimum atomic E-state index is -3.57. The molecule has 8 heteroatoms. The number of carbonyl (C=O) groups is 1. The zero-order valence-electron chi connectivity index (χ0n) is 17.7. The van der Waals surface area contributed by atoms with Crippen LogP contribution in [-0.4, -0.2) is 60.2 Å². The summed E-state index contributed by atoms with van der Waals surface area (Å²) in [5.74, 6) is 0.294. The van der Waals surface area contributed by atoms with Gasteiger partial charge in [-0.05, 0) is 66.6 Å². The van der Waals surface area contributed by atoms with Crippen molar-refractivity contribution in [1.82, 2.24) is 9.21 Å². The average molecular weight is 461 g/mol. The minimum absolute atomic E-state index is 0.116. The molecule has 1 atom stereocenters. The van der Waals surface area contributed by atoms with Crippen molar-refractivity contribution in [3.63, 3.8) is 0 Å². The highest BCUT2D eigenvalue weighted by molar-refractivity contribution is 7.89. The van der Waals surface area contributed by atoms with E-state index in [2.05, 4.69) is 0 Å². The van der Waals surface area contributed by atoms with Gasteiger partial charge in [0.2, 0.25) is 10.0 Å². The normalized spacial score (nSPS) is 18.4. The molecule has 0 saturated carbocycles. The number of hydrogen-bond donors (Lipinski definition) is 0. The molecule has 166 valence electrons. The summed E-state index contributed by atoms with van der Waals surface area (Å²) in [5.41, 5.74) is 3.82. The number of fused-ring (bicyclic) bond motifs is 1. The molecule has 2 aromatic rings. The van der Waals surface area contributed by atoms with Gasteiger partial charge in [0.1, 0.15) is 0 Å². The Labute approximate surface area is 186 Å². The third-order valence-corrected chi connectivity index (χ3v) is 8.66. The summed E-state index contributed by atoms with van der Waals surface area (Å²) in [6, 6.07) is 12.7. The largest absolute Gasteiger partial charge is 0.336 e. The fourth-order valence-corrected chi connectivity index (χ4v) is 6.48. The molecule has 0 bridgehead atoms. The van der Waals surface area contributed by atoms with E-state index in [9.17, 15) is 17.4 Å². The first-order chi connectivity index (χ1) is 14.8. The topological polar surface area (TPSA) is 74.8 Å². The summed E-state index contributed by atoms with van der Waals surface area (Å²) in [6.45, 7) is 1.27. The molecule has 0 spiro atoms. The van der Waals surface area contributed by atoms with Crippen LogP contribution in [0.4, 0.5) is 0 Å². The van der Waals surface area contributed by atoms with E-state index in [1.54, 1.807) is 35.4 Å². The maximum atomic E-state index is 13.2. The molecule has 0 radical (unpaired) electrons. The summed E-state index contributed by atoms with van der Waals surface area (Å²) < 4.78 is 39.3. The molecule has 1 saturated heterocycles. The van der Waals surface area contributed by atoms with Crippen molar-refractivity contribution in [3.05, 3.63) is 64.7 Å². The number of carbonyl (C=O) groups excluding carboxylic acids is 1. The van der Waals surface area contributed by atoms with Crippen LogP contribution in [0.2, 0.25) is 0 Å². The Morgan fingerprint density at radius 3 is 2.39 bits per heavy atom. The van der Waals surface area contributed by atoms with Crippen LogP contribution in [-0.2, 0) is 39.4 Å². The molecule has 1 fully saturated rings. The van der Waals surface area contributed by atoms with Crippen molar-refractivity contribution in [3.8, 4) is 0 Å². The predicted octanol–water partition coefficient (Wildman–Crippen LogP) is 2.59. The van der Waals surface area contributed by atoms with E-state index in [1.807, 2.05) is 18.2 Å². The summed E-state index contributed by atoms with van der Waals surface area (Å²) in [7, 11) is -4.54. The van der Waals surface area contributed by atoms with Crippen LogP contribution in [0, 0.1) is 0 Å². The lowest BCUT2D eigenvalue weighted by molar-refractivity contribution is 0.0698. The predicted molar refractivity (Wildman–Crippen MR) is 122 cm³/mol. The number of rotatable bonds is 5. The maximum Gasteiger partial charge on any atom is 0.253 e. The van der Waals surface area contributed by atoms with Gasteiger partial charge in [-0.25, -0.2) is 8.42 Å². The summed E-state index contributed by atoms with van der Waals surface area (Å²) in [4.78, 5) is 15.0. The molecule has 2 aromatic carbocycles. The number of amides is 1. The van der Waals surface area contributed by atoms with Gasteiger partial charge in [0.25, 0.3) is 5.91 Å². The Kier molecular flexibility index (Phi) is 6.60. The van der Waals surface area contributed by atoms with E-state index in [-0.39, 0.29) is 19.0 Å². The first-order valence-electron chi connectivity index (χ1n) is 10.6. The van der Waals surface area contributed by atoms with Crippen LogP contribution in [0.3, 0.4) is 0 Å². The van der Waals surface area contributed by atoms with Crippen LogP contribution in [0.25, 0.3) is 0 Å². The number of sulfonamides is 1. The van der Waals surface area contributed by atoms with Crippen molar-refractivity contribution >= 4 is 26.7 Å². The zero-order chi connectivity index (χ0) is 22.0. The maximum absolute atomic E-state index is 13.2. The second-order valence-electron chi connectivity index (χ2n) is 8.25. The van der Waals surface area contributed by atoms with Gasteiger partial charge in [-0.15, -0.1) is 0 Å². The van der Waals surface area contributed by atoms with Crippen LogP contribution < -0.4 is 0 Å². The zero-order valence-corrected chi connectivity index (χ0v) is 19.4. The number of nitrogens with zero attached hydrogens (tertiary/aromatic N) is 2. The molecule has 31 heavy (non-hydrogen) atoms. The van der Waals surface area contributed by atoms with Crippen molar-refractivity contribution in [2.24, 2.45) is 0 Å². The molecule has 6 nitrogen and oxygen atoms in total. The smallest absolute Gasteiger partial charge is 0.253 e. The Morgan fingerprint density at radius 1 is 0.968 bits per heavy atom. The minimum Gasteiger partial charge on any atom is -0.336 e. The molecule has 1 aliphatic carbocycles. The Bertz CT molecular complexity index is 1110. The highest BCUT2D eigenvalue weighted by atomic mass is 32.2. The van der Waals surface area contributed by atoms with E-state index in [1.165, 1.54) is 9.87 Å². The van der Waals surface area contributed by atoms with Crippen molar-refractivity contribution < 1.29 is 17.4 Å². The van der Waals surface area contributed by atoms with Gasteiger partial charge in [0, 0.05) is 54.6 Å². The lowest BCUT2D eigenvalue weighted by Gasteiger charge is -2.34. The van der Waals surface area contributed by atoms with Crippen molar-refractivity contribution in [1.29, 1.82) is 0 Å². The molecule has 4 rings (SSSR count). The lowest BCUT2D eigenvalue weighted by Crippen LogP contribution is -2.50. The quantitative estimate of drug-likeness (QED) is 0.687. The molecule has 1 amide bonds. The third kappa shape index (κ3) is 4.91. The molecule has 1 unspecified atom stereocenters. The number of aryl methyl sites for hydroxylation is 2. The molecular weight excluding hydrogens is 432 g/mol. The van der Waals surface area contributed by atoms with Gasteiger partial charge in [-0.2, -0.15) is 4.31 Å².